The van der Waals surface area contributed by atoms with Crippen molar-refractivity contribution in [3.63, 3.8) is 0 Å². The standard InChI is InChI=1S/C10H19NO/c11-7-10(3-4-12)6-8-1-2-9(10)5-8/h8-9,12H,1-7,11H2. The van der Waals surface area contributed by atoms with E-state index in [9.17, 15) is 0 Å². The van der Waals surface area contributed by atoms with Crippen molar-refractivity contribution in [2.24, 2.45) is 23.0 Å². The third-order valence-electron chi connectivity index (χ3n) is 4.12. The van der Waals surface area contributed by atoms with Gasteiger partial charge in [0, 0.05) is 6.61 Å². The molecule has 0 radical (unpaired) electrons. The highest BCUT2D eigenvalue weighted by Gasteiger charge is 2.49. The first kappa shape index (κ1) is 8.52. The third kappa shape index (κ3) is 1.09. The molecule has 2 fully saturated rings. The van der Waals surface area contributed by atoms with Gasteiger partial charge in [0.15, 0.2) is 0 Å². The van der Waals surface area contributed by atoms with E-state index < -0.39 is 0 Å². The molecule has 3 unspecified atom stereocenters. The summed E-state index contributed by atoms with van der Waals surface area (Å²) in [5, 5.41) is 9.00. The van der Waals surface area contributed by atoms with Crippen molar-refractivity contribution in [1.29, 1.82) is 0 Å². The molecule has 0 heterocycles. The molecular formula is C10H19NO. The number of aliphatic hydroxyl groups excluding tert-OH is 1. The van der Waals surface area contributed by atoms with Crippen molar-refractivity contribution in [1.82, 2.24) is 0 Å². The summed E-state index contributed by atoms with van der Waals surface area (Å²) in [5.41, 5.74) is 6.16. The first-order valence-electron chi connectivity index (χ1n) is 5.12. The van der Waals surface area contributed by atoms with Gasteiger partial charge < -0.3 is 10.8 Å². The average molecular weight is 169 g/mol. The Labute approximate surface area is 74.1 Å². The van der Waals surface area contributed by atoms with Gasteiger partial charge in [-0.05, 0) is 49.5 Å². The van der Waals surface area contributed by atoms with E-state index in [4.69, 9.17) is 10.8 Å². The molecule has 0 saturated heterocycles. The van der Waals surface area contributed by atoms with Crippen LogP contribution in [0.15, 0.2) is 0 Å². The minimum atomic E-state index is 0.320. The number of hydrogen-bond donors (Lipinski definition) is 2. The van der Waals surface area contributed by atoms with Crippen molar-refractivity contribution in [3.05, 3.63) is 0 Å². The molecule has 12 heavy (non-hydrogen) atoms. The van der Waals surface area contributed by atoms with Gasteiger partial charge >= 0.3 is 0 Å². The van der Waals surface area contributed by atoms with E-state index in [0.717, 1.165) is 24.8 Å². The van der Waals surface area contributed by atoms with Crippen molar-refractivity contribution >= 4 is 0 Å². The fourth-order valence-electron chi connectivity index (χ4n) is 3.44. The van der Waals surface area contributed by atoms with Crippen molar-refractivity contribution in [3.8, 4) is 0 Å². The van der Waals surface area contributed by atoms with E-state index in [-0.39, 0.29) is 0 Å². The second kappa shape index (κ2) is 3.00. The predicted octanol–water partition coefficient (Wildman–Crippen LogP) is 1.13. The molecule has 3 atom stereocenters. The molecule has 2 nitrogen and oxygen atoms in total. The zero-order valence-electron chi connectivity index (χ0n) is 7.63. The van der Waals surface area contributed by atoms with Gasteiger partial charge in [-0.1, -0.05) is 6.42 Å². The summed E-state index contributed by atoms with van der Waals surface area (Å²) < 4.78 is 0. The summed E-state index contributed by atoms with van der Waals surface area (Å²) in [6.45, 7) is 1.11. The molecule has 0 aromatic carbocycles. The Balaban J connectivity index is 2.08. The highest BCUT2D eigenvalue weighted by atomic mass is 16.3. The molecule has 2 aliphatic carbocycles. The maximum Gasteiger partial charge on any atom is 0.0436 e. The Bertz CT molecular complexity index is 171. The molecule has 0 spiro atoms. The van der Waals surface area contributed by atoms with E-state index in [1.165, 1.54) is 25.7 Å². The number of hydrogen-bond acceptors (Lipinski definition) is 2. The number of rotatable bonds is 3. The normalized spacial score (nSPS) is 45.5. The number of aliphatic hydroxyl groups is 1. The van der Waals surface area contributed by atoms with E-state index >= 15 is 0 Å². The topological polar surface area (TPSA) is 46.2 Å². The Morgan fingerprint density at radius 3 is 2.67 bits per heavy atom. The monoisotopic (exact) mass is 169 g/mol. The average Bonchev–Trinajstić information content (AvgIpc) is 2.64. The number of fused-ring (bicyclic) bond motifs is 2. The first-order chi connectivity index (χ1) is 5.80. The lowest BCUT2D eigenvalue weighted by molar-refractivity contribution is 0.118. The molecule has 2 aliphatic rings. The van der Waals surface area contributed by atoms with E-state index in [1.54, 1.807) is 0 Å². The van der Waals surface area contributed by atoms with Crippen molar-refractivity contribution < 1.29 is 5.11 Å². The lowest BCUT2D eigenvalue weighted by atomic mass is 9.71. The van der Waals surface area contributed by atoms with Crippen LogP contribution in [-0.2, 0) is 0 Å². The fourth-order valence-corrected chi connectivity index (χ4v) is 3.44. The summed E-state index contributed by atoms with van der Waals surface area (Å²) in [6.07, 6.45) is 6.39. The molecule has 70 valence electrons. The Kier molecular flexibility index (Phi) is 2.13. The highest BCUT2D eigenvalue weighted by Crippen LogP contribution is 2.56. The fraction of sp³-hybridized carbons (Fsp3) is 1.00. The minimum Gasteiger partial charge on any atom is -0.396 e. The number of nitrogens with two attached hydrogens (primary N) is 1. The van der Waals surface area contributed by atoms with Crippen LogP contribution in [-0.4, -0.2) is 18.3 Å². The van der Waals surface area contributed by atoms with Gasteiger partial charge in [-0.2, -0.15) is 0 Å². The van der Waals surface area contributed by atoms with Crippen LogP contribution in [0.3, 0.4) is 0 Å². The SMILES string of the molecule is NCC1(CCO)CC2CCC1C2. The Morgan fingerprint density at radius 1 is 1.42 bits per heavy atom. The van der Waals surface area contributed by atoms with Crippen LogP contribution in [0, 0.1) is 17.3 Å². The van der Waals surface area contributed by atoms with E-state index in [0.29, 0.717) is 12.0 Å². The molecule has 3 N–H and O–H groups in total. The van der Waals surface area contributed by atoms with Gasteiger partial charge in [-0.25, -0.2) is 0 Å². The minimum absolute atomic E-state index is 0.320. The first-order valence-corrected chi connectivity index (χ1v) is 5.12. The Hall–Kier alpha value is -0.0800. The van der Waals surface area contributed by atoms with Gasteiger partial charge in [0.25, 0.3) is 0 Å². The van der Waals surface area contributed by atoms with Gasteiger partial charge in [0.2, 0.25) is 0 Å². The smallest absolute Gasteiger partial charge is 0.0436 e. The van der Waals surface area contributed by atoms with Crippen molar-refractivity contribution in [2.75, 3.05) is 13.2 Å². The zero-order chi connectivity index (χ0) is 8.60. The second-order valence-electron chi connectivity index (χ2n) is 4.62. The maximum absolute atomic E-state index is 9.00. The van der Waals surface area contributed by atoms with Crippen LogP contribution in [0.4, 0.5) is 0 Å². The molecule has 2 saturated carbocycles. The van der Waals surface area contributed by atoms with Gasteiger partial charge in [-0.3, -0.25) is 0 Å². The molecule has 2 bridgehead atoms. The predicted molar refractivity (Wildman–Crippen MR) is 48.6 cm³/mol. The van der Waals surface area contributed by atoms with Gasteiger partial charge in [-0.15, -0.1) is 0 Å². The highest BCUT2D eigenvalue weighted by molar-refractivity contribution is 5.00. The Morgan fingerprint density at radius 2 is 2.25 bits per heavy atom. The molecular weight excluding hydrogens is 150 g/mol. The summed E-state index contributed by atoms with van der Waals surface area (Å²) in [4.78, 5) is 0. The lowest BCUT2D eigenvalue weighted by Gasteiger charge is -2.36. The molecule has 0 aromatic heterocycles. The molecule has 2 rings (SSSR count). The quantitative estimate of drug-likeness (QED) is 0.665. The maximum atomic E-state index is 9.00. The largest absolute Gasteiger partial charge is 0.396 e. The summed E-state index contributed by atoms with van der Waals surface area (Å²) in [6, 6.07) is 0. The molecule has 0 aliphatic heterocycles. The second-order valence-corrected chi connectivity index (χ2v) is 4.62. The zero-order valence-corrected chi connectivity index (χ0v) is 7.63. The van der Waals surface area contributed by atoms with Crippen LogP contribution in [0.1, 0.15) is 32.1 Å². The van der Waals surface area contributed by atoms with Gasteiger partial charge in [0.1, 0.15) is 0 Å². The van der Waals surface area contributed by atoms with Crippen LogP contribution in [0.5, 0.6) is 0 Å². The molecule has 0 amide bonds. The molecule has 2 heteroatoms. The van der Waals surface area contributed by atoms with E-state index in [2.05, 4.69) is 0 Å². The summed E-state index contributed by atoms with van der Waals surface area (Å²) in [5.74, 6) is 1.77. The lowest BCUT2D eigenvalue weighted by Crippen LogP contribution is -2.36. The molecule has 0 aromatic rings. The summed E-state index contributed by atoms with van der Waals surface area (Å²) in [7, 11) is 0. The van der Waals surface area contributed by atoms with Gasteiger partial charge in [0.05, 0.1) is 0 Å². The van der Waals surface area contributed by atoms with Crippen LogP contribution in [0.2, 0.25) is 0 Å². The van der Waals surface area contributed by atoms with Crippen molar-refractivity contribution in [2.45, 2.75) is 32.1 Å². The van der Waals surface area contributed by atoms with E-state index in [1.807, 2.05) is 0 Å². The summed E-state index contributed by atoms with van der Waals surface area (Å²) >= 11 is 0. The van der Waals surface area contributed by atoms with Crippen LogP contribution in [0.25, 0.3) is 0 Å². The van der Waals surface area contributed by atoms with Crippen LogP contribution < -0.4 is 5.73 Å². The van der Waals surface area contributed by atoms with Crippen LogP contribution >= 0.6 is 0 Å². The third-order valence-corrected chi connectivity index (χ3v) is 4.12.